The molecule has 7 heteroatoms. The van der Waals surface area contributed by atoms with Crippen LogP contribution in [0.2, 0.25) is 0 Å². The van der Waals surface area contributed by atoms with E-state index in [-0.39, 0.29) is 18.6 Å². The Labute approximate surface area is 158 Å². The number of benzene rings is 1. The molecule has 3 aliphatic heterocycles. The molecule has 0 spiro atoms. The third kappa shape index (κ3) is 2.40. The third-order valence-electron chi connectivity index (χ3n) is 5.75. The minimum Gasteiger partial charge on any atom is -0.454 e. The molecule has 3 aliphatic rings. The van der Waals surface area contributed by atoms with Gasteiger partial charge in [-0.1, -0.05) is 12.1 Å². The maximum Gasteiger partial charge on any atom is 0.256 e. The average Bonchev–Trinajstić information content (AvgIpc) is 3.25. The van der Waals surface area contributed by atoms with E-state index in [0.29, 0.717) is 24.5 Å². The van der Waals surface area contributed by atoms with Crippen molar-refractivity contribution in [2.45, 2.75) is 43.9 Å². The van der Waals surface area contributed by atoms with Crippen molar-refractivity contribution in [1.82, 2.24) is 9.80 Å². The average molecular weight is 367 g/mol. The summed E-state index contributed by atoms with van der Waals surface area (Å²) in [4.78, 5) is 33.3. The second kappa shape index (κ2) is 6.02. The summed E-state index contributed by atoms with van der Waals surface area (Å²) in [6.45, 7) is 15.5. The van der Waals surface area contributed by atoms with Gasteiger partial charge in [-0.2, -0.15) is 0 Å². The molecule has 0 aliphatic carbocycles. The molecule has 7 nitrogen and oxygen atoms in total. The molecule has 0 aromatic heterocycles. The van der Waals surface area contributed by atoms with E-state index in [4.69, 9.17) is 16.0 Å². The van der Waals surface area contributed by atoms with Gasteiger partial charge < -0.3 is 24.1 Å². The van der Waals surface area contributed by atoms with E-state index in [0.717, 1.165) is 5.56 Å². The fourth-order valence-electron chi connectivity index (χ4n) is 4.40. The van der Waals surface area contributed by atoms with Crippen molar-refractivity contribution in [3.63, 3.8) is 0 Å². The van der Waals surface area contributed by atoms with Gasteiger partial charge in [-0.15, -0.1) is 6.58 Å². The lowest BCUT2D eigenvalue weighted by Gasteiger charge is -2.42. The van der Waals surface area contributed by atoms with Crippen molar-refractivity contribution in [3.05, 3.63) is 47.8 Å². The summed E-state index contributed by atoms with van der Waals surface area (Å²) < 4.78 is 10.8. The maximum absolute atomic E-state index is 13.2. The van der Waals surface area contributed by atoms with E-state index in [2.05, 4.69) is 11.4 Å². The number of amides is 2. The monoisotopic (exact) mass is 367 g/mol. The standard InChI is InChI=1S/C20H21N3O4/c1-5-8-22-12(2)18(24)23-14(19(22)25)10-20(3,21-4)17(23)13-6-7-15-16(9-13)27-11-26-15/h5-7,9,12,14,17H,1,8,10-11H2,2-3H3/t12-,14+,17+,20+/m1/s1. The van der Waals surface area contributed by atoms with Gasteiger partial charge in [0, 0.05) is 13.5 Å². The van der Waals surface area contributed by atoms with Crippen LogP contribution in [0.4, 0.5) is 0 Å². The van der Waals surface area contributed by atoms with Crippen LogP contribution >= 0.6 is 0 Å². The van der Waals surface area contributed by atoms with Crippen molar-refractivity contribution in [1.29, 1.82) is 0 Å². The molecule has 27 heavy (non-hydrogen) atoms. The summed E-state index contributed by atoms with van der Waals surface area (Å²) in [6, 6.07) is 3.72. The lowest BCUT2D eigenvalue weighted by molar-refractivity contribution is -0.160. The van der Waals surface area contributed by atoms with Crippen LogP contribution in [0.3, 0.4) is 0 Å². The van der Waals surface area contributed by atoms with E-state index >= 15 is 0 Å². The van der Waals surface area contributed by atoms with Gasteiger partial charge in [0.25, 0.3) is 5.54 Å². The minimum absolute atomic E-state index is 0.125. The first-order valence-electron chi connectivity index (χ1n) is 8.93. The van der Waals surface area contributed by atoms with Crippen LogP contribution in [-0.4, -0.2) is 52.6 Å². The van der Waals surface area contributed by atoms with Crippen molar-refractivity contribution in [3.8, 4) is 11.5 Å². The highest BCUT2D eigenvalue weighted by molar-refractivity contribution is 5.98. The molecular formula is C20H21N3O4. The number of hydrogen-bond acceptors (Lipinski definition) is 4. The number of ether oxygens (including phenoxy) is 2. The highest BCUT2D eigenvalue weighted by Crippen LogP contribution is 2.50. The number of carbonyl (C=O) groups is 2. The maximum atomic E-state index is 13.2. The van der Waals surface area contributed by atoms with Crippen LogP contribution in [0.5, 0.6) is 11.5 Å². The highest BCUT2D eigenvalue weighted by Gasteiger charge is 2.62. The number of carbonyl (C=O) groups excluding carboxylic acids is 2. The molecule has 4 atom stereocenters. The van der Waals surface area contributed by atoms with Crippen molar-refractivity contribution >= 4 is 11.8 Å². The summed E-state index contributed by atoms with van der Waals surface area (Å²) in [5, 5.41) is 0. The Morgan fingerprint density at radius 1 is 1.33 bits per heavy atom. The van der Waals surface area contributed by atoms with Gasteiger partial charge in [0.15, 0.2) is 11.5 Å². The number of nitrogens with zero attached hydrogens (tertiary/aromatic N) is 3. The Morgan fingerprint density at radius 3 is 2.78 bits per heavy atom. The van der Waals surface area contributed by atoms with Crippen LogP contribution in [0.15, 0.2) is 30.9 Å². The Hall–Kier alpha value is -3.01. The Kier molecular flexibility index (Phi) is 3.88. The summed E-state index contributed by atoms with van der Waals surface area (Å²) in [7, 11) is 0. The number of rotatable bonds is 3. The van der Waals surface area contributed by atoms with Gasteiger partial charge >= 0.3 is 0 Å². The molecule has 1 aromatic rings. The Bertz CT molecular complexity index is 876. The zero-order valence-corrected chi connectivity index (χ0v) is 15.3. The predicted octanol–water partition coefficient (Wildman–Crippen LogP) is 2.15. The quantitative estimate of drug-likeness (QED) is 0.607. The van der Waals surface area contributed by atoms with E-state index in [9.17, 15) is 9.59 Å². The van der Waals surface area contributed by atoms with E-state index < -0.39 is 23.7 Å². The van der Waals surface area contributed by atoms with Crippen LogP contribution in [0.1, 0.15) is 31.9 Å². The number of hydrogen-bond donors (Lipinski definition) is 0. The predicted molar refractivity (Wildman–Crippen MR) is 96.9 cm³/mol. The van der Waals surface area contributed by atoms with Crippen molar-refractivity contribution < 1.29 is 19.1 Å². The lowest BCUT2D eigenvalue weighted by Crippen LogP contribution is -2.62. The summed E-state index contributed by atoms with van der Waals surface area (Å²) in [6.07, 6.45) is 1.93. The molecule has 0 radical (unpaired) electrons. The molecule has 140 valence electrons. The molecule has 0 N–H and O–H groups in total. The summed E-state index contributed by atoms with van der Waals surface area (Å²) >= 11 is 0. The summed E-state index contributed by atoms with van der Waals surface area (Å²) in [5.74, 6) is 0.974. The molecule has 4 rings (SSSR count). The highest BCUT2D eigenvalue weighted by atomic mass is 16.7. The van der Waals surface area contributed by atoms with E-state index in [1.807, 2.05) is 19.1 Å². The zero-order valence-electron chi connectivity index (χ0n) is 15.3. The van der Waals surface area contributed by atoms with Crippen LogP contribution < -0.4 is 9.47 Å². The summed E-state index contributed by atoms with van der Waals surface area (Å²) in [5.41, 5.74) is -0.112. The molecule has 0 bridgehead atoms. The molecule has 2 fully saturated rings. The van der Waals surface area contributed by atoms with E-state index in [1.165, 1.54) is 0 Å². The molecular weight excluding hydrogens is 346 g/mol. The topological polar surface area (TPSA) is 63.4 Å². The van der Waals surface area contributed by atoms with Gasteiger partial charge in [0.05, 0.1) is 6.42 Å². The first-order valence-corrected chi connectivity index (χ1v) is 8.93. The number of fused-ring (bicyclic) bond motifs is 2. The first kappa shape index (κ1) is 17.4. The Balaban J connectivity index is 1.79. The molecule has 3 heterocycles. The molecule has 1 aromatic carbocycles. The molecule has 0 saturated carbocycles. The van der Waals surface area contributed by atoms with Gasteiger partial charge in [-0.3, -0.25) is 9.59 Å². The van der Waals surface area contributed by atoms with Crippen LogP contribution in [-0.2, 0) is 9.59 Å². The van der Waals surface area contributed by atoms with Gasteiger partial charge in [0.2, 0.25) is 18.6 Å². The Morgan fingerprint density at radius 2 is 2.07 bits per heavy atom. The van der Waals surface area contributed by atoms with Gasteiger partial charge in [0.1, 0.15) is 18.1 Å². The molecule has 2 saturated heterocycles. The fourth-order valence-corrected chi connectivity index (χ4v) is 4.40. The van der Waals surface area contributed by atoms with Crippen molar-refractivity contribution in [2.75, 3.05) is 13.3 Å². The van der Waals surface area contributed by atoms with Crippen LogP contribution in [0, 0.1) is 6.57 Å². The second-order valence-corrected chi connectivity index (χ2v) is 7.40. The van der Waals surface area contributed by atoms with Gasteiger partial charge in [-0.25, -0.2) is 6.57 Å². The second-order valence-electron chi connectivity index (χ2n) is 7.40. The largest absolute Gasteiger partial charge is 0.454 e. The van der Waals surface area contributed by atoms with Gasteiger partial charge in [-0.05, 0) is 24.6 Å². The molecule has 0 unspecified atom stereocenters. The minimum atomic E-state index is -0.895. The SMILES string of the molecule is [C-]#[N+][C@@]1(C)C[C@H]2C(=O)N(CC=C)[C@H](C)C(=O)N2[C@H]1c1ccc2c(c1)OCO2. The number of piperazine rings is 1. The van der Waals surface area contributed by atoms with E-state index in [1.54, 1.807) is 28.9 Å². The molecule has 2 amide bonds. The lowest BCUT2D eigenvalue weighted by atomic mass is 9.87. The zero-order chi connectivity index (χ0) is 19.3. The first-order chi connectivity index (χ1) is 12.9. The fraction of sp³-hybridized carbons (Fsp3) is 0.450. The smallest absolute Gasteiger partial charge is 0.256 e. The normalized spacial score (nSPS) is 31.7. The van der Waals surface area contributed by atoms with Crippen LogP contribution in [0.25, 0.3) is 4.85 Å². The van der Waals surface area contributed by atoms with Crippen molar-refractivity contribution in [2.24, 2.45) is 0 Å². The third-order valence-corrected chi connectivity index (χ3v) is 5.75.